The van der Waals surface area contributed by atoms with Gasteiger partial charge in [-0.3, -0.25) is 4.79 Å². The number of carbonyl (C=O) groups excluding carboxylic acids is 1. The van der Waals surface area contributed by atoms with Crippen LogP contribution in [-0.2, 0) is 11.2 Å². The van der Waals surface area contributed by atoms with Crippen molar-refractivity contribution < 1.29 is 14.3 Å². The molecule has 0 spiro atoms. The van der Waals surface area contributed by atoms with Gasteiger partial charge in [-0.2, -0.15) is 0 Å². The third-order valence-electron chi connectivity index (χ3n) is 5.24. The summed E-state index contributed by atoms with van der Waals surface area (Å²) in [5.74, 6) is 1.44. The third kappa shape index (κ3) is 3.52. The highest BCUT2D eigenvalue weighted by Gasteiger charge is 2.28. The summed E-state index contributed by atoms with van der Waals surface area (Å²) in [6, 6.07) is 13.2. The minimum atomic E-state index is -0.275. The lowest BCUT2D eigenvalue weighted by Crippen LogP contribution is -2.50. The second kappa shape index (κ2) is 7.39. The van der Waals surface area contributed by atoms with Gasteiger partial charge in [0.1, 0.15) is 18.8 Å². The Morgan fingerprint density at radius 3 is 2.93 bits per heavy atom. The van der Waals surface area contributed by atoms with Crippen LogP contribution in [0, 0.1) is 0 Å². The van der Waals surface area contributed by atoms with Crippen LogP contribution in [0.1, 0.15) is 18.9 Å². The number of nitrogens with two attached hydrogens (primary N) is 1. The minimum absolute atomic E-state index is 0.0206. The average Bonchev–Trinajstić information content (AvgIpc) is 2.71. The van der Waals surface area contributed by atoms with E-state index in [1.807, 2.05) is 49.4 Å². The van der Waals surface area contributed by atoms with Crippen LogP contribution in [0.2, 0.25) is 0 Å². The zero-order chi connectivity index (χ0) is 18.8. The molecule has 4 rings (SSSR count). The van der Waals surface area contributed by atoms with E-state index < -0.39 is 0 Å². The SMILES string of the molecule is CC(C(=O)NCC1COc2ccccc2O1)N1CCCc2c(N)cccc21. The number of ether oxygens (including phenoxy) is 2. The van der Waals surface area contributed by atoms with E-state index in [4.69, 9.17) is 15.2 Å². The second-order valence-electron chi connectivity index (χ2n) is 7.06. The molecule has 0 aromatic heterocycles. The summed E-state index contributed by atoms with van der Waals surface area (Å²) < 4.78 is 11.6. The fraction of sp³-hybridized carbons (Fsp3) is 0.381. The molecule has 0 bridgehead atoms. The van der Waals surface area contributed by atoms with Gasteiger partial charge in [0.15, 0.2) is 11.5 Å². The summed E-state index contributed by atoms with van der Waals surface area (Å²) in [4.78, 5) is 14.9. The van der Waals surface area contributed by atoms with Crippen molar-refractivity contribution in [1.29, 1.82) is 0 Å². The first-order valence-electron chi connectivity index (χ1n) is 9.43. The van der Waals surface area contributed by atoms with Crippen molar-refractivity contribution in [3.8, 4) is 11.5 Å². The Morgan fingerprint density at radius 2 is 2.07 bits per heavy atom. The third-order valence-corrected chi connectivity index (χ3v) is 5.24. The smallest absolute Gasteiger partial charge is 0.242 e. The number of benzene rings is 2. The summed E-state index contributed by atoms with van der Waals surface area (Å²) in [7, 11) is 0. The summed E-state index contributed by atoms with van der Waals surface area (Å²) in [5, 5.41) is 3.01. The van der Waals surface area contributed by atoms with Crippen LogP contribution < -0.4 is 25.4 Å². The number of anilines is 2. The molecule has 142 valence electrons. The summed E-state index contributed by atoms with van der Waals surface area (Å²) >= 11 is 0. The number of hydrogen-bond acceptors (Lipinski definition) is 5. The van der Waals surface area contributed by atoms with Gasteiger partial charge in [0, 0.05) is 17.9 Å². The van der Waals surface area contributed by atoms with Crippen LogP contribution in [0.3, 0.4) is 0 Å². The average molecular weight is 367 g/mol. The highest BCUT2D eigenvalue weighted by atomic mass is 16.6. The molecule has 3 N–H and O–H groups in total. The minimum Gasteiger partial charge on any atom is -0.486 e. The van der Waals surface area contributed by atoms with Crippen molar-refractivity contribution in [2.24, 2.45) is 0 Å². The molecule has 1 amide bonds. The zero-order valence-electron chi connectivity index (χ0n) is 15.5. The van der Waals surface area contributed by atoms with Crippen LogP contribution in [0.15, 0.2) is 42.5 Å². The van der Waals surface area contributed by atoms with Crippen LogP contribution in [0.4, 0.5) is 11.4 Å². The molecular formula is C21H25N3O3. The van der Waals surface area contributed by atoms with Crippen LogP contribution >= 0.6 is 0 Å². The maximum absolute atomic E-state index is 12.7. The second-order valence-corrected chi connectivity index (χ2v) is 7.06. The molecule has 0 saturated carbocycles. The van der Waals surface area contributed by atoms with E-state index in [2.05, 4.69) is 10.2 Å². The van der Waals surface area contributed by atoms with Crippen LogP contribution in [-0.4, -0.2) is 37.7 Å². The number of nitrogens with one attached hydrogen (secondary N) is 1. The molecule has 2 heterocycles. The first-order chi connectivity index (χ1) is 13.1. The van der Waals surface area contributed by atoms with Gasteiger partial charge in [0.25, 0.3) is 0 Å². The van der Waals surface area contributed by atoms with E-state index in [9.17, 15) is 4.79 Å². The van der Waals surface area contributed by atoms with E-state index in [1.165, 1.54) is 0 Å². The van der Waals surface area contributed by atoms with E-state index in [0.29, 0.717) is 13.2 Å². The lowest BCUT2D eigenvalue weighted by atomic mass is 9.98. The Bertz CT molecular complexity index is 839. The van der Waals surface area contributed by atoms with E-state index >= 15 is 0 Å². The quantitative estimate of drug-likeness (QED) is 0.812. The molecular weight excluding hydrogens is 342 g/mol. The lowest BCUT2D eigenvalue weighted by Gasteiger charge is -2.36. The number of rotatable bonds is 4. The van der Waals surface area contributed by atoms with Gasteiger partial charge >= 0.3 is 0 Å². The topological polar surface area (TPSA) is 76.8 Å². The van der Waals surface area contributed by atoms with Gasteiger partial charge in [-0.1, -0.05) is 18.2 Å². The molecule has 27 heavy (non-hydrogen) atoms. The van der Waals surface area contributed by atoms with Crippen LogP contribution in [0.5, 0.6) is 11.5 Å². The predicted molar refractivity (Wildman–Crippen MR) is 105 cm³/mol. The molecule has 6 heteroatoms. The monoisotopic (exact) mass is 367 g/mol. The largest absolute Gasteiger partial charge is 0.486 e. The van der Waals surface area contributed by atoms with Gasteiger partial charge in [0.05, 0.1) is 6.54 Å². The van der Waals surface area contributed by atoms with Crippen molar-refractivity contribution in [2.45, 2.75) is 31.9 Å². The van der Waals surface area contributed by atoms with Crippen LogP contribution in [0.25, 0.3) is 0 Å². The van der Waals surface area contributed by atoms with Crippen molar-refractivity contribution in [3.63, 3.8) is 0 Å². The molecule has 6 nitrogen and oxygen atoms in total. The summed E-state index contributed by atoms with van der Waals surface area (Å²) in [6.07, 6.45) is 1.76. The maximum atomic E-state index is 12.7. The molecule has 2 aliphatic heterocycles. The molecule has 0 fully saturated rings. The van der Waals surface area contributed by atoms with E-state index in [1.54, 1.807) is 0 Å². The Hall–Kier alpha value is -2.89. The number of fused-ring (bicyclic) bond motifs is 2. The molecule has 2 aliphatic rings. The Morgan fingerprint density at radius 1 is 1.26 bits per heavy atom. The molecule has 2 aromatic carbocycles. The number of nitrogen functional groups attached to an aromatic ring is 1. The molecule has 2 unspecified atom stereocenters. The normalized spacial score (nSPS) is 19.1. The zero-order valence-corrected chi connectivity index (χ0v) is 15.5. The first kappa shape index (κ1) is 17.5. The maximum Gasteiger partial charge on any atom is 0.242 e. The predicted octanol–water partition coefficient (Wildman–Crippen LogP) is 2.37. The summed E-state index contributed by atoms with van der Waals surface area (Å²) in [5.41, 5.74) is 9.13. The standard InChI is InChI=1S/C21H25N3O3/c1-14(24-11-5-6-16-17(22)7-4-8-18(16)24)21(25)23-12-15-13-26-19-9-2-3-10-20(19)27-15/h2-4,7-10,14-15H,5-6,11-13,22H2,1H3,(H,23,25). The van der Waals surface area contributed by atoms with Crippen molar-refractivity contribution in [1.82, 2.24) is 5.32 Å². The van der Waals surface area contributed by atoms with Gasteiger partial charge in [-0.25, -0.2) is 0 Å². The Kier molecular flexibility index (Phi) is 4.79. The number of hydrogen-bond donors (Lipinski definition) is 2. The van der Waals surface area contributed by atoms with Crippen molar-refractivity contribution in [3.05, 3.63) is 48.0 Å². The molecule has 0 aliphatic carbocycles. The van der Waals surface area contributed by atoms with E-state index in [-0.39, 0.29) is 18.1 Å². The highest BCUT2D eigenvalue weighted by molar-refractivity contribution is 5.86. The number of nitrogens with zero attached hydrogens (tertiary/aromatic N) is 1. The summed E-state index contributed by atoms with van der Waals surface area (Å²) in [6.45, 7) is 3.62. The van der Waals surface area contributed by atoms with Gasteiger partial charge < -0.3 is 25.4 Å². The van der Waals surface area contributed by atoms with Gasteiger partial charge in [-0.15, -0.1) is 0 Å². The van der Waals surface area contributed by atoms with E-state index in [0.717, 1.165) is 47.8 Å². The molecule has 2 atom stereocenters. The fourth-order valence-electron chi connectivity index (χ4n) is 3.75. The Balaban J connectivity index is 1.38. The van der Waals surface area contributed by atoms with Crippen molar-refractivity contribution in [2.75, 3.05) is 30.3 Å². The lowest BCUT2D eigenvalue weighted by molar-refractivity contribution is -0.122. The fourth-order valence-corrected chi connectivity index (χ4v) is 3.75. The molecule has 0 radical (unpaired) electrons. The van der Waals surface area contributed by atoms with Crippen molar-refractivity contribution >= 4 is 17.3 Å². The molecule has 0 saturated heterocycles. The van der Waals surface area contributed by atoms with Gasteiger partial charge in [-0.05, 0) is 49.6 Å². The first-order valence-corrected chi connectivity index (χ1v) is 9.43. The number of para-hydroxylation sites is 2. The van der Waals surface area contributed by atoms with Gasteiger partial charge in [0.2, 0.25) is 5.91 Å². The Labute approximate surface area is 159 Å². The number of carbonyl (C=O) groups is 1. The number of amides is 1. The highest BCUT2D eigenvalue weighted by Crippen LogP contribution is 2.33. The molecule has 2 aromatic rings.